The third kappa shape index (κ3) is 8.07. The first-order chi connectivity index (χ1) is 22.0. The van der Waals surface area contributed by atoms with Crippen LogP contribution in [-0.4, -0.2) is 30.4 Å². The summed E-state index contributed by atoms with van der Waals surface area (Å²) >= 11 is 1.66. The Balaban J connectivity index is 1.21. The molecule has 3 atom stereocenters. The van der Waals surface area contributed by atoms with Crippen LogP contribution in [0.4, 0.5) is 0 Å². The summed E-state index contributed by atoms with van der Waals surface area (Å²) in [5.41, 5.74) is 5.57. The standard InChI is InChI=1S/C36H34N2O5S2/c39-24-26-15-17-28(18-16-26)34-22-32(25-44-35-14-4-5-19-37-35)42-36(43-34)31-11-7-10-30(21-31)29-9-6-8-27(20-29)23-38-45(40,41)33-12-2-1-3-13-33/h1-21,32,34,36,38-39H,22-25H2/t32-,34+,36+/m0/s1. The van der Waals surface area contributed by atoms with Crippen molar-refractivity contribution in [3.8, 4) is 11.1 Å². The number of aliphatic hydroxyl groups excluding tert-OH is 1. The fourth-order valence-corrected chi connectivity index (χ4v) is 7.14. The van der Waals surface area contributed by atoms with Gasteiger partial charge in [-0.2, -0.15) is 0 Å². The summed E-state index contributed by atoms with van der Waals surface area (Å²) in [6.07, 6.45) is 1.63. The highest BCUT2D eigenvalue weighted by Gasteiger charge is 2.32. The lowest BCUT2D eigenvalue weighted by Gasteiger charge is -2.36. The van der Waals surface area contributed by atoms with Crippen molar-refractivity contribution >= 4 is 21.8 Å². The summed E-state index contributed by atoms with van der Waals surface area (Å²) in [5, 5.41) is 10.5. The zero-order valence-corrected chi connectivity index (χ0v) is 26.2. The van der Waals surface area contributed by atoms with Gasteiger partial charge in [0.05, 0.1) is 28.7 Å². The van der Waals surface area contributed by atoms with Gasteiger partial charge >= 0.3 is 0 Å². The second-order valence-electron chi connectivity index (χ2n) is 10.8. The molecule has 1 aromatic heterocycles. The van der Waals surface area contributed by atoms with E-state index in [2.05, 4.69) is 15.8 Å². The van der Waals surface area contributed by atoms with Crippen molar-refractivity contribution in [3.63, 3.8) is 0 Å². The average Bonchev–Trinajstić information content (AvgIpc) is 3.11. The molecule has 1 aliphatic heterocycles. The lowest BCUT2D eigenvalue weighted by atomic mass is 9.99. The topological polar surface area (TPSA) is 97.8 Å². The van der Waals surface area contributed by atoms with E-state index >= 15 is 0 Å². The molecule has 1 aliphatic rings. The summed E-state index contributed by atoms with van der Waals surface area (Å²) in [4.78, 5) is 4.68. The Bertz CT molecular complexity index is 1800. The maximum atomic E-state index is 12.7. The van der Waals surface area contributed by atoms with Crippen LogP contribution in [0.3, 0.4) is 0 Å². The minimum atomic E-state index is -3.62. The maximum Gasteiger partial charge on any atom is 0.240 e. The normalized spacial score (nSPS) is 18.5. The quantitative estimate of drug-likeness (QED) is 0.150. The van der Waals surface area contributed by atoms with E-state index in [0.29, 0.717) is 6.42 Å². The predicted octanol–water partition coefficient (Wildman–Crippen LogP) is 7.06. The summed E-state index contributed by atoms with van der Waals surface area (Å²) in [6, 6.07) is 38.0. The molecule has 1 fully saturated rings. The molecule has 5 aromatic rings. The SMILES string of the molecule is O=S(=O)(NCc1cccc(-c2cccc([C@@H]3O[C@H](CSc4ccccn4)C[C@H](c4ccc(CO)cc4)O3)c2)c1)c1ccccc1. The first kappa shape index (κ1) is 31.2. The molecule has 6 rings (SSSR count). The predicted molar refractivity (Wildman–Crippen MR) is 176 cm³/mol. The Morgan fingerprint density at radius 2 is 1.53 bits per heavy atom. The third-order valence-corrected chi connectivity index (χ3v) is 10.1. The summed E-state index contributed by atoms with van der Waals surface area (Å²) in [5.74, 6) is 0.725. The molecule has 45 heavy (non-hydrogen) atoms. The molecule has 0 bridgehead atoms. The minimum absolute atomic E-state index is 0.00618. The van der Waals surface area contributed by atoms with Gasteiger partial charge in [0.25, 0.3) is 0 Å². The number of benzene rings is 4. The van der Waals surface area contributed by atoms with Crippen LogP contribution in [-0.2, 0) is 32.6 Å². The summed E-state index contributed by atoms with van der Waals surface area (Å²) in [6.45, 7) is 0.166. The van der Waals surface area contributed by atoms with E-state index in [9.17, 15) is 13.5 Å². The molecule has 2 heterocycles. The van der Waals surface area contributed by atoms with E-state index in [0.717, 1.165) is 44.2 Å². The Morgan fingerprint density at radius 1 is 0.778 bits per heavy atom. The molecule has 2 N–H and O–H groups in total. The highest BCUT2D eigenvalue weighted by atomic mass is 32.2. The number of thioether (sulfide) groups is 1. The van der Waals surface area contributed by atoms with Gasteiger partial charge in [-0.25, -0.2) is 18.1 Å². The lowest BCUT2D eigenvalue weighted by Crippen LogP contribution is -2.31. The van der Waals surface area contributed by atoms with Crippen molar-refractivity contribution in [3.05, 3.63) is 150 Å². The molecule has 0 amide bonds. The largest absolute Gasteiger partial charge is 0.392 e. The van der Waals surface area contributed by atoms with Crippen LogP contribution in [0, 0.1) is 0 Å². The van der Waals surface area contributed by atoms with E-state index in [1.54, 1.807) is 48.3 Å². The van der Waals surface area contributed by atoms with Crippen molar-refractivity contribution in [1.82, 2.24) is 9.71 Å². The number of sulfonamides is 1. The van der Waals surface area contributed by atoms with Crippen molar-refractivity contribution in [2.75, 3.05) is 5.75 Å². The number of nitrogens with zero attached hydrogens (tertiary/aromatic N) is 1. The van der Waals surface area contributed by atoms with E-state index < -0.39 is 16.3 Å². The Morgan fingerprint density at radius 3 is 2.29 bits per heavy atom. The summed E-state index contributed by atoms with van der Waals surface area (Å²) < 4.78 is 41.3. The first-order valence-corrected chi connectivity index (χ1v) is 17.2. The van der Waals surface area contributed by atoms with Crippen LogP contribution in [0.15, 0.2) is 137 Å². The highest BCUT2D eigenvalue weighted by molar-refractivity contribution is 7.99. The van der Waals surface area contributed by atoms with Crippen molar-refractivity contribution in [1.29, 1.82) is 0 Å². The molecule has 4 aromatic carbocycles. The fourth-order valence-electron chi connectivity index (χ4n) is 5.22. The number of hydrogen-bond acceptors (Lipinski definition) is 7. The van der Waals surface area contributed by atoms with E-state index in [4.69, 9.17) is 9.47 Å². The molecule has 0 saturated carbocycles. The molecule has 9 heteroatoms. The monoisotopic (exact) mass is 638 g/mol. The molecule has 7 nitrogen and oxygen atoms in total. The van der Waals surface area contributed by atoms with E-state index in [-0.39, 0.29) is 30.3 Å². The number of nitrogens with one attached hydrogen (secondary N) is 1. The molecule has 0 spiro atoms. The number of pyridine rings is 1. The number of ether oxygens (including phenoxy) is 2. The van der Waals surface area contributed by atoms with Crippen molar-refractivity contribution < 1.29 is 23.0 Å². The van der Waals surface area contributed by atoms with Crippen LogP contribution in [0.2, 0.25) is 0 Å². The molecular formula is C36H34N2O5S2. The van der Waals surface area contributed by atoms with Gasteiger partial charge in [0.15, 0.2) is 6.29 Å². The van der Waals surface area contributed by atoms with Crippen LogP contribution >= 0.6 is 11.8 Å². The molecule has 1 saturated heterocycles. The van der Waals surface area contributed by atoms with Gasteiger partial charge in [-0.05, 0) is 64.2 Å². The second kappa shape index (κ2) is 14.5. The van der Waals surface area contributed by atoms with Gasteiger partial charge in [0, 0.05) is 30.5 Å². The van der Waals surface area contributed by atoms with Crippen LogP contribution < -0.4 is 4.72 Å². The number of aliphatic hydroxyl groups is 1. The fraction of sp³-hybridized carbons (Fsp3) is 0.194. The van der Waals surface area contributed by atoms with Gasteiger partial charge < -0.3 is 14.6 Å². The molecular weight excluding hydrogens is 605 g/mol. The van der Waals surface area contributed by atoms with Gasteiger partial charge in [0.2, 0.25) is 10.0 Å². The first-order valence-electron chi connectivity index (χ1n) is 14.8. The van der Waals surface area contributed by atoms with Crippen molar-refractivity contribution in [2.45, 2.75) is 48.0 Å². The molecule has 0 unspecified atom stereocenters. The summed E-state index contributed by atoms with van der Waals surface area (Å²) in [7, 11) is -3.62. The van der Waals surface area contributed by atoms with Gasteiger partial charge in [-0.3, -0.25) is 0 Å². The highest BCUT2D eigenvalue weighted by Crippen LogP contribution is 2.40. The number of aromatic nitrogens is 1. The van der Waals surface area contributed by atoms with Crippen molar-refractivity contribution in [2.24, 2.45) is 0 Å². The van der Waals surface area contributed by atoms with Gasteiger partial charge in [-0.15, -0.1) is 11.8 Å². The zero-order chi connectivity index (χ0) is 31.1. The number of hydrogen-bond donors (Lipinski definition) is 2. The molecule has 230 valence electrons. The van der Waals surface area contributed by atoms with E-state index in [1.807, 2.05) is 84.9 Å². The Kier molecular flexibility index (Phi) is 10.0. The number of rotatable bonds is 11. The van der Waals surface area contributed by atoms with Gasteiger partial charge in [-0.1, -0.05) is 84.9 Å². The second-order valence-corrected chi connectivity index (χ2v) is 13.6. The van der Waals surface area contributed by atoms with Crippen LogP contribution in [0.5, 0.6) is 0 Å². The van der Waals surface area contributed by atoms with Crippen LogP contribution in [0.1, 0.15) is 41.1 Å². The average molecular weight is 639 g/mol. The van der Waals surface area contributed by atoms with E-state index in [1.165, 1.54) is 0 Å². The molecule has 0 aliphatic carbocycles. The smallest absolute Gasteiger partial charge is 0.240 e. The molecule has 0 radical (unpaired) electrons. The van der Waals surface area contributed by atoms with Crippen LogP contribution in [0.25, 0.3) is 11.1 Å². The minimum Gasteiger partial charge on any atom is -0.392 e. The zero-order valence-electron chi connectivity index (χ0n) is 24.5. The Hall–Kier alpha value is -3.83. The maximum absolute atomic E-state index is 12.7. The van der Waals surface area contributed by atoms with Gasteiger partial charge in [0.1, 0.15) is 0 Å². The third-order valence-electron chi connectivity index (χ3n) is 7.61. The lowest BCUT2D eigenvalue weighted by molar-refractivity contribution is -0.245. The Labute approximate surface area is 268 Å².